The predicted molar refractivity (Wildman–Crippen MR) is 128 cm³/mol. The van der Waals surface area contributed by atoms with E-state index in [0.717, 1.165) is 11.3 Å². The molecule has 4 amide bonds. The Morgan fingerprint density at radius 1 is 0.784 bits per heavy atom. The third-order valence-corrected chi connectivity index (χ3v) is 6.33. The molecule has 0 radical (unpaired) electrons. The zero-order valence-corrected chi connectivity index (χ0v) is 21.2. The maximum Gasteiger partial charge on any atom is 0.333 e. The van der Waals surface area contributed by atoms with Gasteiger partial charge in [0.25, 0.3) is 23.6 Å². The molecule has 0 aliphatic carbocycles. The Balaban J connectivity index is 1.55. The summed E-state index contributed by atoms with van der Waals surface area (Å²) in [6.07, 6.45) is 6.40. The molecule has 1 unspecified atom stereocenters. The highest BCUT2D eigenvalue weighted by Gasteiger charge is 2.32. The van der Waals surface area contributed by atoms with E-state index in [0.29, 0.717) is 43.6 Å². The first-order valence-electron chi connectivity index (χ1n) is 12.7. The van der Waals surface area contributed by atoms with Gasteiger partial charge in [0.05, 0.1) is 0 Å². The molecule has 0 aromatic heterocycles. The molecule has 2 heterocycles. The second-order valence-electron chi connectivity index (χ2n) is 9.35. The summed E-state index contributed by atoms with van der Waals surface area (Å²) in [6.45, 7) is 1.66. The molecule has 0 spiro atoms. The van der Waals surface area contributed by atoms with E-state index in [1.807, 2.05) is 0 Å². The van der Waals surface area contributed by atoms with Gasteiger partial charge in [0.2, 0.25) is 0 Å². The van der Waals surface area contributed by atoms with Crippen LogP contribution in [-0.2, 0) is 43.2 Å². The minimum absolute atomic E-state index is 0.0106. The lowest BCUT2D eigenvalue weighted by molar-refractivity contribution is -0.197. The fourth-order valence-electron chi connectivity index (χ4n) is 4.16. The topological polar surface area (TPSA) is 152 Å². The van der Waals surface area contributed by atoms with Crippen LogP contribution in [0, 0.1) is 5.92 Å². The first-order valence-corrected chi connectivity index (χ1v) is 12.7. The van der Waals surface area contributed by atoms with E-state index in [1.165, 1.54) is 19.1 Å². The average molecular weight is 519 g/mol. The molecule has 0 aromatic rings. The van der Waals surface area contributed by atoms with Gasteiger partial charge in [-0.25, -0.2) is 4.79 Å². The molecule has 1 saturated heterocycles. The molecule has 0 bridgehead atoms. The van der Waals surface area contributed by atoms with E-state index in [2.05, 4.69) is 0 Å². The summed E-state index contributed by atoms with van der Waals surface area (Å²) in [4.78, 5) is 99.8. The molecule has 202 valence electrons. The number of nitrogens with zero attached hydrogens (tertiary/aromatic N) is 2. The van der Waals surface area contributed by atoms with E-state index in [1.54, 1.807) is 0 Å². The van der Waals surface area contributed by atoms with E-state index in [4.69, 9.17) is 4.84 Å². The molecular formula is C26H34N2O9. The van der Waals surface area contributed by atoms with E-state index >= 15 is 0 Å². The van der Waals surface area contributed by atoms with Gasteiger partial charge >= 0.3 is 5.97 Å². The Hall–Kier alpha value is -3.50. The second kappa shape index (κ2) is 14.9. The fourth-order valence-corrected chi connectivity index (χ4v) is 4.16. The number of rotatable bonds is 18. The first-order chi connectivity index (χ1) is 17.6. The number of carbonyl (C=O) groups is 8. The van der Waals surface area contributed by atoms with Crippen molar-refractivity contribution in [3.63, 3.8) is 0 Å². The van der Waals surface area contributed by atoms with Gasteiger partial charge < -0.3 is 4.84 Å². The number of imide groups is 2. The summed E-state index contributed by atoms with van der Waals surface area (Å²) < 4.78 is 0. The number of unbranched alkanes of at least 4 members (excludes halogenated alkanes) is 2. The number of Topliss-reactive ketones (excluding diaryl/α,β-unsaturated/α-hetero) is 3. The Morgan fingerprint density at radius 2 is 1.38 bits per heavy atom. The molecule has 11 heteroatoms. The van der Waals surface area contributed by atoms with Crippen molar-refractivity contribution in [2.45, 2.75) is 90.4 Å². The Kier molecular flexibility index (Phi) is 12.0. The van der Waals surface area contributed by atoms with Crippen LogP contribution in [-0.4, -0.2) is 63.5 Å². The van der Waals surface area contributed by atoms with Gasteiger partial charge in [0, 0.05) is 69.6 Å². The summed E-state index contributed by atoms with van der Waals surface area (Å²) in [5.74, 6) is -3.19. The Morgan fingerprint density at radius 3 is 2.00 bits per heavy atom. The molecule has 0 saturated carbocycles. The van der Waals surface area contributed by atoms with Crippen LogP contribution in [0.5, 0.6) is 0 Å². The van der Waals surface area contributed by atoms with Crippen LogP contribution in [0.3, 0.4) is 0 Å². The third-order valence-electron chi connectivity index (χ3n) is 6.33. The van der Waals surface area contributed by atoms with Crippen molar-refractivity contribution >= 4 is 46.9 Å². The van der Waals surface area contributed by atoms with Gasteiger partial charge in [-0.2, -0.15) is 0 Å². The molecule has 2 rings (SSSR count). The molecule has 2 aliphatic heterocycles. The van der Waals surface area contributed by atoms with Crippen LogP contribution < -0.4 is 0 Å². The smallest absolute Gasteiger partial charge is 0.330 e. The molecule has 11 nitrogen and oxygen atoms in total. The van der Waals surface area contributed by atoms with Crippen LogP contribution in [0.25, 0.3) is 0 Å². The van der Waals surface area contributed by atoms with Gasteiger partial charge in [0.15, 0.2) is 0 Å². The zero-order chi connectivity index (χ0) is 27.4. The lowest BCUT2D eigenvalue weighted by atomic mass is 9.90. The number of carbonyl (C=O) groups excluding carboxylic acids is 8. The van der Waals surface area contributed by atoms with Crippen molar-refractivity contribution in [1.29, 1.82) is 0 Å². The number of ketones is 3. The van der Waals surface area contributed by atoms with Crippen molar-refractivity contribution < 1.29 is 43.2 Å². The van der Waals surface area contributed by atoms with Gasteiger partial charge in [-0.1, -0.05) is 12.8 Å². The Labute approximate surface area is 215 Å². The van der Waals surface area contributed by atoms with Crippen molar-refractivity contribution in [3.8, 4) is 0 Å². The molecule has 37 heavy (non-hydrogen) atoms. The van der Waals surface area contributed by atoms with Crippen molar-refractivity contribution in [2.75, 3.05) is 6.54 Å². The summed E-state index contributed by atoms with van der Waals surface area (Å²) in [6, 6.07) is 0. The third kappa shape index (κ3) is 10.2. The maximum absolute atomic E-state index is 12.3. The van der Waals surface area contributed by atoms with Crippen molar-refractivity contribution in [2.24, 2.45) is 5.92 Å². The van der Waals surface area contributed by atoms with Crippen LogP contribution >= 0.6 is 0 Å². The van der Waals surface area contributed by atoms with Crippen molar-refractivity contribution in [1.82, 2.24) is 9.96 Å². The summed E-state index contributed by atoms with van der Waals surface area (Å²) in [5, 5.41) is 0.472. The van der Waals surface area contributed by atoms with E-state index < -0.39 is 23.7 Å². The second-order valence-corrected chi connectivity index (χ2v) is 9.35. The molecule has 1 fully saturated rings. The summed E-state index contributed by atoms with van der Waals surface area (Å²) >= 11 is 0. The van der Waals surface area contributed by atoms with Crippen LogP contribution in [0.4, 0.5) is 0 Å². The normalized spacial score (nSPS) is 16.0. The van der Waals surface area contributed by atoms with Gasteiger partial charge in [-0.3, -0.25) is 38.5 Å². The standard InChI is InChI=1S/C26H34N2O9/c1-18(29)19(17-21(31)9-5-11-26(36)37-28-24(34)14-15-25(28)35)7-3-2-4-8-20(30)10-6-16-27-22(32)12-13-23(27)33/h12-13,19H,2-11,14-17H2,1H3. The minimum atomic E-state index is -0.760. The number of hydroxylamine groups is 2. The number of hydrogen-bond donors (Lipinski definition) is 0. The molecule has 0 aromatic carbocycles. The summed E-state index contributed by atoms with van der Waals surface area (Å²) in [5.41, 5.74) is 0. The SMILES string of the molecule is CC(=O)C(CCCCCC(=O)CCCN1C(=O)C=CC1=O)CC(=O)CCCC(=O)ON1C(=O)CCC1=O. The van der Waals surface area contributed by atoms with Gasteiger partial charge in [0.1, 0.15) is 17.3 Å². The molecular weight excluding hydrogens is 484 g/mol. The van der Waals surface area contributed by atoms with Crippen LogP contribution in [0.1, 0.15) is 90.4 Å². The van der Waals surface area contributed by atoms with Crippen molar-refractivity contribution in [3.05, 3.63) is 12.2 Å². The highest BCUT2D eigenvalue weighted by Crippen LogP contribution is 2.19. The molecule has 1 atom stereocenters. The largest absolute Gasteiger partial charge is 0.333 e. The van der Waals surface area contributed by atoms with Gasteiger partial charge in [-0.05, 0) is 32.6 Å². The number of amides is 4. The highest BCUT2D eigenvalue weighted by molar-refractivity contribution is 6.12. The van der Waals surface area contributed by atoms with Crippen LogP contribution in [0.2, 0.25) is 0 Å². The lowest BCUT2D eigenvalue weighted by Crippen LogP contribution is -2.32. The monoisotopic (exact) mass is 518 g/mol. The van der Waals surface area contributed by atoms with E-state index in [9.17, 15) is 38.4 Å². The zero-order valence-electron chi connectivity index (χ0n) is 21.2. The predicted octanol–water partition coefficient (Wildman–Crippen LogP) is 2.15. The average Bonchev–Trinajstić information content (AvgIpc) is 3.33. The van der Waals surface area contributed by atoms with Crippen LogP contribution in [0.15, 0.2) is 12.2 Å². The molecule has 2 aliphatic rings. The molecule has 0 N–H and O–H groups in total. The summed E-state index contributed by atoms with van der Waals surface area (Å²) in [7, 11) is 0. The quantitative estimate of drug-likeness (QED) is 0.196. The van der Waals surface area contributed by atoms with E-state index in [-0.39, 0.29) is 74.2 Å². The highest BCUT2D eigenvalue weighted by atomic mass is 16.7. The fraction of sp³-hybridized carbons (Fsp3) is 0.615. The van der Waals surface area contributed by atoms with Gasteiger partial charge in [-0.15, -0.1) is 5.06 Å². The lowest BCUT2D eigenvalue weighted by Gasteiger charge is -2.14. The first kappa shape index (κ1) is 29.7. The minimum Gasteiger partial charge on any atom is -0.330 e. The Bertz CT molecular complexity index is 935. The number of hydrogen-bond acceptors (Lipinski definition) is 9. The maximum atomic E-state index is 12.3.